The highest BCUT2D eigenvalue weighted by atomic mass is 16.5. The first-order valence-corrected chi connectivity index (χ1v) is 4.68. The van der Waals surface area contributed by atoms with E-state index in [-0.39, 0.29) is 0 Å². The number of fused-ring (bicyclic) bond motifs is 2. The largest absolute Gasteiger partial charge is 0.381 e. The van der Waals surface area contributed by atoms with Gasteiger partial charge in [0.05, 0.1) is 6.20 Å². The van der Waals surface area contributed by atoms with Gasteiger partial charge < -0.3 is 9.84 Å². The second-order valence-corrected chi connectivity index (χ2v) is 3.46. The van der Waals surface area contributed by atoms with Gasteiger partial charge in [0, 0.05) is 24.2 Å². The third kappa shape index (κ3) is 1.09. The SMILES string of the molecule is c1ccc2c(c1)Cc1oncc1CN2. The number of benzene rings is 1. The molecule has 2 aromatic rings. The zero-order valence-electron chi connectivity index (χ0n) is 7.66. The Balaban J connectivity index is 2.10. The maximum Gasteiger partial charge on any atom is 0.146 e. The molecule has 1 aromatic heterocycles. The Labute approximate surface area is 81.7 Å². The van der Waals surface area contributed by atoms with Crippen LogP contribution in [0.3, 0.4) is 0 Å². The molecule has 3 heteroatoms. The molecule has 70 valence electrons. The molecule has 1 aliphatic heterocycles. The maximum absolute atomic E-state index is 5.20. The average Bonchev–Trinajstić information content (AvgIpc) is 2.58. The molecular formula is C11H10N2O. The monoisotopic (exact) mass is 186 g/mol. The zero-order chi connectivity index (χ0) is 9.38. The summed E-state index contributed by atoms with van der Waals surface area (Å²) in [6.45, 7) is 0.801. The van der Waals surface area contributed by atoms with Crippen molar-refractivity contribution in [3.05, 3.63) is 47.3 Å². The Kier molecular flexibility index (Phi) is 1.56. The van der Waals surface area contributed by atoms with Crippen molar-refractivity contribution in [2.75, 3.05) is 5.32 Å². The lowest BCUT2D eigenvalue weighted by molar-refractivity contribution is 0.388. The Hall–Kier alpha value is -1.77. The van der Waals surface area contributed by atoms with Gasteiger partial charge in [-0.25, -0.2) is 0 Å². The number of nitrogens with one attached hydrogen (secondary N) is 1. The normalized spacial score (nSPS) is 13.7. The van der Waals surface area contributed by atoms with Crippen LogP contribution in [0, 0.1) is 0 Å². The number of hydrogen-bond acceptors (Lipinski definition) is 3. The lowest BCUT2D eigenvalue weighted by Gasteiger charge is -2.05. The van der Waals surface area contributed by atoms with E-state index in [1.165, 1.54) is 11.3 Å². The molecule has 0 saturated carbocycles. The summed E-state index contributed by atoms with van der Waals surface area (Å²) in [5.74, 6) is 0.974. The van der Waals surface area contributed by atoms with Crippen molar-refractivity contribution < 1.29 is 4.52 Å². The van der Waals surface area contributed by atoms with Gasteiger partial charge in [0.2, 0.25) is 0 Å². The lowest BCUT2D eigenvalue weighted by atomic mass is 10.1. The molecule has 0 atom stereocenters. The van der Waals surface area contributed by atoms with Crippen LogP contribution in [0.5, 0.6) is 0 Å². The van der Waals surface area contributed by atoms with Crippen LogP contribution >= 0.6 is 0 Å². The van der Waals surface area contributed by atoms with E-state index in [2.05, 4.69) is 22.6 Å². The van der Waals surface area contributed by atoms with Crippen molar-refractivity contribution in [3.63, 3.8) is 0 Å². The smallest absolute Gasteiger partial charge is 0.146 e. The number of rotatable bonds is 0. The quantitative estimate of drug-likeness (QED) is 0.685. The van der Waals surface area contributed by atoms with Gasteiger partial charge in [0.25, 0.3) is 0 Å². The minimum Gasteiger partial charge on any atom is -0.381 e. The first-order valence-electron chi connectivity index (χ1n) is 4.68. The summed E-state index contributed by atoms with van der Waals surface area (Å²) in [4.78, 5) is 0. The van der Waals surface area contributed by atoms with Crippen molar-refractivity contribution in [3.8, 4) is 0 Å². The molecule has 0 saturated heterocycles. The second kappa shape index (κ2) is 2.87. The standard InChI is InChI=1S/C11H10N2O/c1-2-4-10-8(3-1)5-11-9(6-12-10)7-13-14-11/h1-4,7,12H,5-6H2. The summed E-state index contributed by atoms with van der Waals surface area (Å²) >= 11 is 0. The molecule has 0 unspecified atom stereocenters. The van der Waals surface area contributed by atoms with Gasteiger partial charge in [0.15, 0.2) is 0 Å². The summed E-state index contributed by atoms with van der Waals surface area (Å²) in [5, 5.41) is 7.17. The van der Waals surface area contributed by atoms with Crippen LogP contribution in [0.1, 0.15) is 16.9 Å². The lowest BCUT2D eigenvalue weighted by Crippen LogP contribution is -1.97. The van der Waals surface area contributed by atoms with Gasteiger partial charge in [-0.2, -0.15) is 0 Å². The fourth-order valence-corrected chi connectivity index (χ4v) is 1.78. The molecule has 1 aromatic carbocycles. The van der Waals surface area contributed by atoms with Gasteiger partial charge in [0.1, 0.15) is 5.76 Å². The van der Waals surface area contributed by atoms with E-state index in [4.69, 9.17) is 4.52 Å². The Bertz CT molecular complexity index is 462. The van der Waals surface area contributed by atoms with Crippen molar-refractivity contribution in [2.24, 2.45) is 0 Å². The van der Waals surface area contributed by atoms with E-state index in [1.807, 2.05) is 12.1 Å². The molecule has 0 amide bonds. The zero-order valence-corrected chi connectivity index (χ0v) is 7.66. The summed E-state index contributed by atoms with van der Waals surface area (Å²) < 4.78 is 5.20. The maximum atomic E-state index is 5.20. The van der Waals surface area contributed by atoms with Crippen LogP contribution in [-0.2, 0) is 13.0 Å². The highest BCUT2D eigenvalue weighted by Crippen LogP contribution is 2.25. The van der Waals surface area contributed by atoms with E-state index in [0.717, 1.165) is 24.3 Å². The fraction of sp³-hybridized carbons (Fsp3) is 0.182. The minimum atomic E-state index is 0.801. The van der Waals surface area contributed by atoms with E-state index in [0.29, 0.717) is 0 Å². The highest BCUT2D eigenvalue weighted by Gasteiger charge is 2.15. The number of nitrogens with zero attached hydrogens (tertiary/aromatic N) is 1. The fourth-order valence-electron chi connectivity index (χ4n) is 1.78. The van der Waals surface area contributed by atoms with Crippen molar-refractivity contribution in [1.82, 2.24) is 5.16 Å². The predicted molar refractivity (Wildman–Crippen MR) is 53.1 cm³/mol. The summed E-state index contributed by atoms with van der Waals surface area (Å²) in [6.07, 6.45) is 2.62. The van der Waals surface area contributed by atoms with Crippen LogP contribution in [0.4, 0.5) is 5.69 Å². The van der Waals surface area contributed by atoms with Gasteiger partial charge in [-0.15, -0.1) is 0 Å². The Morgan fingerprint density at radius 2 is 2.14 bits per heavy atom. The average molecular weight is 186 g/mol. The molecule has 14 heavy (non-hydrogen) atoms. The molecule has 0 radical (unpaired) electrons. The molecule has 0 spiro atoms. The minimum absolute atomic E-state index is 0.801. The highest BCUT2D eigenvalue weighted by molar-refractivity contribution is 5.54. The predicted octanol–water partition coefficient (Wildman–Crippen LogP) is 2.19. The first kappa shape index (κ1) is 7.62. The molecule has 1 aliphatic rings. The summed E-state index contributed by atoms with van der Waals surface area (Å²) in [6, 6.07) is 8.29. The third-order valence-corrected chi connectivity index (χ3v) is 2.57. The van der Waals surface area contributed by atoms with E-state index in [1.54, 1.807) is 6.20 Å². The van der Waals surface area contributed by atoms with Gasteiger partial charge in [-0.1, -0.05) is 23.4 Å². The van der Waals surface area contributed by atoms with Crippen molar-refractivity contribution in [2.45, 2.75) is 13.0 Å². The number of aromatic nitrogens is 1. The number of para-hydroxylation sites is 1. The van der Waals surface area contributed by atoms with Crippen molar-refractivity contribution in [1.29, 1.82) is 0 Å². The van der Waals surface area contributed by atoms with Crippen LogP contribution in [0.2, 0.25) is 0 Å². The molecule has 3 nitrogen and oxygen atoms in total. The second-order valence-electron chi connectivity index (χ2n) is 3.46. The molecular weight excluding hydrogens is 176 g/mol. The van der Waals surface area contributed by atoms with Gasteiger partial charge in [-0.05, 0) is 11.6 Å². The molecule has 2 heterocycles. The van der Waals surface area contributed by atoms with Crippen LogP contribution in [-0.4, -0.2) is 5.16 Å². The summed E-state index contributed by atoms with van der Waals surface area (Å²) in [7, 11) is 0. The van der Waals surface area contributed by atoms with Gasteiger partial charge >= 0.3 is 0 Å². The molecule has 1 N–H and O–H groups in total. The van der Waals surface area contributed by atoms with E-state index < -0.39 is 0 Å². The van der Waals surface area contributed by atoms with Crippen LogP contribution < -0.4 is 5.32 Å². The van der Waals surface area contributed by atoms with E-state index in [9.17, 15) is 0 Å². The Morgan fingerprint density at radius 1 is 1.21 bits per heavy atom. The number of anilines is 1. The molecule has 0 bridgehead atoms. The van der Waals surface area contributed by atoms with E-state index >= 15 is 0 Å². The molecule has 0 aliphatic carbocycles. The summed E-state index contributed by atoms with van der Waals surface area (Å²) in [5.41, 5.74) is 3.61. The van der Waals surface area contributed by atoms with Crippen LogP contribution in [0.25, 0.3) is 0 Å². The first-order chi connectivity index (χ1) is 6.93. The molecule has 0 fully saturated rings. The van der Waals surface area contributed by atoms with Crippen LogP contribution in [0.15, 0.2) is 35.0 Å². The number of hydrogen-bond donors (Lipinski definition) is 1. The Morgan fingerprint density at radius 3 is 3.14 bits per heavy atom. The molecule has 3 rings (SSSR count). The van der Waals surface area contributed by atoms with Gasteiger partial charge in [-0.3, -0.25) is 0 Å². The topological polar surface area (TPSA) is 38.1 Å². The van der Waals surface area contributed by atoms with Crippen molar-refractivity contribution >= 4 is 5.69 Å². The third-order valence-electron chi connectivity index (χ3n) is 2.57.